The second-order valence-electron chi connectivity index (χ2n) is 8.62. The number of carbonyl (C=O) groups is 3. The molecule has 5 N–H and O–H groups in total. The van der Waals surface area contributed by atoms with Gasteiger partial charge in [0, 0.05) is 12.7 Å². The SMILES string of the molecule is CO[C@H](CC/C=C/C(=O)Nc1ccccc1N)[C@H](OC(=O)NC(=O)c1ccccc1)c1cccc(OCCO)c1. The van der Waals surface area contributed by atoms with Gasteiger partial charge in [-0.1, -0.05) is 48.5 Å². The molecule has 0 unspecified atom stereocenters. The molecule has 3 amide bonds. The summed E-state index contributed by atoms with van der Waals surface area (Å²) in [7, 11) is 1.48. The van der Waals surface area contributed by atoms with E-state index in [1.165, 1.54) is 13.2 Å². The number of nitrogens with two attached hydrogens (primary N) is 1. The molecule has 3 aromatic rings. The van der Waals surface area contributed by atoms with Crippen LogP contribution in [0.2, 0.25) is 0 Å². The molecule has 3 rings (SSSR count). The maximum Gasteiger partial charge on any atom is 0.414 e. The normalized spacial score (nSPS) is 12.3. The lowest BCUT2D eigenvalue weighted by atomic mass is 10.00. The molecule has 0 bridgehead atoms. The Hall–Kier alpha value is -4.67. The summed E-state index contributed by atoms with van der Waals surface area (Å²) < 4.78 is 16.9. The van der Waals surface area contributed by atoms with Gasteiger partial charge in [-0.05, 0) is 60.9 Å². The van der Waals surface area contributed by atoms with E-state index in [2.05, 4.69) is 10.6 Å². The van der Waals surface area contributed by atoms with Gasteiger partial charge in [0.15, 0.2) is 6.10 Å². The Labute approximate surface area is 232 Å². The Kier molecular flexibility index (Phi) is 11.7. The van der Waals surface area contributed by atoms with Crippen LogP contribution in [0.4, 0.5) is 16.2 Å². The van der Waals surface area contributed by atoms with Gasteiger partial charge in [0.1, 0.15) is 12.4 Å². The molecule has 0 aliphatic heterocycles. The van der Waals surface area contributed by atoms with E-state index >= 15 is 0 Å². The number of amides is 3. The van der Waals surface area contributed by atoms with E-state index in [-0.39, 0.29) is 19.1 Å². The number of hydrogen-bond acceptors (Lipinski definition) is 8. The van der Waals surface area contributed by atoms with Gasteiger partial charge >= 0.3 is 6.09 Å². The van der Waals surface area contributed by atoms with Crippen LogP contribution in [0.3, 0.4) is 0 Å². The van der Waals surface area contributed by atoms with Crippen molar-refractivity contribution in [3.63, 3.8) is 0 Å². The van der Waals surface area contributed by atoms with E-state index in [9.17, 15) is 14.4 Å². The maximum absolute atomic E-state index is 12.8. The molecule has 0 heterocycles. The van der Waals surface area contributed by atoms with Crippen molar-refractivity contribution >= 4 is 29.3 Å². The Morgan fingerprint density at radius 1 is 1.00 bits per heavy atom. The minimum atomic E-state index is -0.946. The first-order valence-corrected chi connectivity index (χ1v) is 12.7. The van der Waals surface area contributed by atoms with Crippen molar-refractivity contribution in [3.8, 4) is 5.75 Å². The number of carbonyl (C=O) groups excluding carboxylic acids is 3. The van der Waals surface area contributed by atoms with Crippen LogP contribution in [0.15, 0.2) is 91.0 Å². The van der Waals surface area contributed by atoms with Crippen LogP contribution in [-0.2, 0) is 14.3 Å². The van der Waals surface area contributed by atoms with E-state index in [1.54, 1.807) is 84.9 Å². The molecule has 0 saturated heterocycles. The van der Waals surface area contributed by atoms with E-state index in [1.807, 2.05) is 0 Å². The fraction of sp³-hybridized carbons (Fsp3) is 0.233. The molecule has 10 nitrogen and oxygen atoms in total. The lowest BCUT2D eigenvalue weighted by molar-refractivity contribution is -0.111. The molecule has 210 valence electrons. The highest BCUT2D eigenvalue weighted by Gasteiger charge is 2.28. The summed E-state index contributed by atoms with van der Waals surface area (Å²) in [6, 6.07) is 22.1. The van der Waals surface area contributed by atoms with E-state index in [0.29, 0.717) is 41.1 Å². The molecule has 0 spiro atoms. The van der Waals surface area contributed by atoms with E-state index in [0.717, 1.165) is 0 Å². The van der Waals surface area contributed by atoms with Crippen LogP contribution in [0.25, 0.3) is 0 Å². The van der Waals surface area contributed by atoms with Crippen LogP contribution >= 0.6 is 0 Å². The zero-order valence-electron chi connectivity index (χ0n) is 22.1. The molecule has 0 saturated carbocycles. The number of benzene rings is 3. The number of ether oxygens (including phenoxy) is 3. The molecule has 0 aromatic heterocycles. The molecular weight excluding hydrogens is 514 g/mol. The topological polar surface area (TPSA) is 149 Å². The number of para-hydroxylation sites is 2. The third-order valence-corrected chi connectivity index (χ3v) is 5.78. The molecule has 0 fully saturated rings. The Morgan fingerprint density at radius 3 is 2.48 bits per heavy atom. The molecule has 2 atom stereocenters. The molecule has 3 aromatic carbocycles. The van der Waals surface area contributed by atoms with Gasteiger partial charge in [-0.2, -0.15) is 0 Å². The standard InChI is InChI=1S/C30H33N3O7/c1-38-26(16-7-8-17-27(35)32-25-15-6-5-14-24(25)31)28(22-12-9-13-23(20-22)39-19-18-34)40-30(37)33-29(36)21-10-3-2-4-11-21/h2-6,8-15,17,20,26,28,34H,7,16,18-19,31H2,1H3,(H,32,35)(H,33,36,37)/b17-8+/t26-,28-/m1/s1. The van der Waals surface area contributed by atoms with Gasteiger partial charge in [-0.15, -0.1) is 0 Å². The Morgan fingerprint density at radius 2 is 1.75 bits per heavy atom. The molecule has 40 heavy (non-hydrogen) atoms. The fourth-order valence-corrected chi connectivity index (χ4v) is 3.83. The monoisotopic (exact) mass is 547 g/mol. The summed E-state index contributed by atoms with van der Waals surface area (Å²) in [5, 5.41) is 14.0. The van der Waals surface area contributed by atoms with Crippen LogP contribution in [0.1, 0.15) is 34.9 Å². The highest BCUT2D eigenvalue weighted by molar-refractivity contribution is 6.03. The first-order valence-electron chi connectivity index (χ1n) is 12.7. The van der Waals surface area contributed by atoms with Crippen molar-refractivity contribution in [3.05, 3.63) is 102 Å². The number of allylic oxidation sites excluding steroid dienone is 1. The summed E-state index contributed by atoms with van der Waals surface area (Å²) in [4.78, 5) is 37.5. The maximum atomic E-state index is 12.8. The van der Waals surface area contributed by atoms with Crippen LogP contribution in [-0.4, -0.2) is 49.4 Å². The summed E-state index contributed by atoms with van der Waals surface area (Å²) in [6.07, 6.45) is 1.36. The van der Waals surface area contributed by atoms with Gasteiger partial charge in [0.25, 0.3) is 5.91 Å². The number of imide groups is 1. The number of hydrogen-bond donors (Lipinski definition) is 4. The average molecular weight is 548 g/mol. The van der Waals surface area contributed by atoms with Crippen molar-refractivity contribution in [2.45, 2.75) is 25.0 Å². The summed E-state index contributed by atoms with van der Waals surface area (Å²) in [6.45, 7) is -0.0676. The van der Waals surface area contributed by atoms with Crippen LogP contribution in [0.5, 0.6) is 5.75 Å². The smallest absolute Gasteiger partial charge is 0.414 e. The third kappa shape index (κ3) is 9.26. The summed E-state index contributed by atoms with van der Waals surface area (Å²) in [5.41, 5.74) is 7.70. The van der Waals surface area contributed by atoms with Gasteiger partial charge in [-0.3, -0.25) is 14.9 Å². The number of anilines is 2. The number of aliphatic hydroxyl groups is 1. The largest absolute Gasteiger partial charge is 0.491 e. The van der Waals surface area contributed by atoms with Crippen LogP contribution < -0.4 is 21.1 Å². The minimum Gasteiger partial charge on any atom is -0.491 e. The molecule has 0 aliphatic rings. The minimum absolute atomic E-state index is 0.0935. The van der Waals surface area contributed by atoms with Crippen molar-refractivity contribution in [2.24, 2.45) is 0 Å². The Bertz CT molecular complexity index is 1300. The van der Waals surface area contributed by atoms with Gasteiger partial charge in [0.05, 0.1) is 24.1 Å². The lowest BCUT2D eigenvalue weighted by Gasteiger charge is -2.26. The van der Waals surface area contributed by atoms with E-state index < -0.39 is 24.2 Å². The number of methoxy groups -OCH3 is 1. The van der Waals surface area contributed by atoms with Gasteiger partial charge in [-0.25, -0.2) is 4.79 Å². The second kappa shape index (κ2) is 15.7. The van der Waals surface area contributed by atoms with Crippen molar-refractivity contribution in [2.75, 3.05) is 31.4 Å². The van der Waals surface area contributed by atoms with Gasteiger partial charge < -0.3 is 30.4 Å². The number of nitrogen functional groups attached to an aromatic ring is 1. The second-order valence-corrected chi connectivity index (χ2v) is 8.62. The average Bonchev–Trinajstić information content (AvgIpc) is 2.97. The summed E-state index contributed by atoms with van der Waals surface area (Å²) in [5.74, 6) is -0.480. The predicted octanol–water partition coefficient (Wildman–Crippen LogP) is 4.24. The van der Waals surface area contributed by atoms with Crippen molar-refractivity contribution in [1.82, 2.24) is 5.32 Å². The number of nitrogens with one attached hydrogen (secondary N) is 2. The van der Waals surface area contributed by atoms with Crippen molar-refractivity contribution in [1.29, 1.82) is 0 Å². The fourth-order valence-electron chi connectivity index (χ4n) is 3.83. The van der Waals surface area contributed by atoms with Crippen molar-refractivity contribution < 1.29 is 33.7 Å². The number of alkyl carbamates (subject to hydrolysis) is 1. The first-order chi connectivity index (χ1) is 19.4. The summed E-state index contributed by atoms with van der Waals surface area (Å²) >= 11 is 0. The zero-order valence-corrected chi connectivity index (χ0v) is 22.1. The highest BCUT2D eigenvalue weighted by atomic mass is 16.6. The third-order valence-electron chi connectivity index (χ3n) is 5.78. The number of aliphatic hydroxyl groups excluding tert-OH is 1. The lowest BCUT2D eigenvalue weighted by Crippen LogP contribution is -2.35. The highest BCUT2D eigenvalue weighted by Crippen LogP contribution is 2.29. The van der Waals surface area contributed by atoms with Crippen LogP contribution in [0, 0.1) is 0 Å². The Balaban J connectivity index is 1.70. The zero-order chi connectivity index (χ0) is 28.7. The predicted molar refractivity (Wildman–Crippen MR) is 151 cm³/mol. The molecule has 0 radical (unpaired) electrons. The first kappa shape index (κ1) is 29.9. The quantitative estimate of drug-likeness (QED) is 0.183. The number of rotatable bonds is 13. The van der Waals surface area contributed by atoms with Gasteiger partial charge in [0.2, 0.25) is 5.91 Å². The van der Waals surface area contributed by atoms with E-state index in [4.69, 9.17) is 25.1 Å². The molecular formula is C30H33N3O7. The molecule has 0 aliphatic carbocycles. The molecule has 10 heteroatoms.